The minimum Gasteiger partial charge on any atom is -0.326 e. The van der Waals surface area contributed by atoms with Gasteiger partial charge in [-0.1, -0.05) is 25.6 Å². The van der Waals surface area contributed by atoms with Crippen molar-refractivity contribution in [3.05, 3.63) is 47.2 Å². The molecule has 0 aliphatic heterocycles. The number of fused-ring (bicyclic) bond motifs is 1. The van der Waals surface area contributed by atoms with E-state index in [2.05, 4.69) is 23.6 Å². The number of nitrogens with one attached hydrogen (secondary N) is 2. The predicted octanol–water partition coefficient (Wildman–Crippen LogP) is 4.55. The summed E-state index contributed by atoms with van der Waals surface area (Å²) in [5, 5.41) is 15.5. The minimum absolute atomic E-state index is 0.133. The van der Waals surface area contributed by atoms with Gasteiger partial charge >= 0.3 is 0 Å². The van der Waals surface area contributed by atoms with Gasteiger partial charge in [0, 0.05) is 24.0 Å². The first-order chi connectivity index (χ1) is 14.4. The molecule has 2 aromatic rings. The van der Waals surface area contributed by atoms with Gasteiger partial charge in [0.25, 0.3) is 0 Å². The number of anilines is 2. The molecule has 156 valence electrons. The molecule has 1 aliphatic rings. The van der Waals surface area contributed by atoms with Crippen LogP contribution < -0.4 is 10.6 Å². The van der Waals surface area contributed by atoms with Crippen LogP contribution in [0.1, 0.15) is 50.4 Å². The molecule has 0 spiro atoms. The van der Waals surface area contributed by atoms with Crippen molar-refractivity contribution in [3.63, 3.8) is 0 Å². The zero-order valence-corrected chi connectivity index (χ0v) is 18.3. The molecule has 1 aromatic heterocycles. The molecule has 0 saturated carbocycles. The third-order valence-corrected chi connectivity index (χ3v) is 6.48. The van der Waals surface area contributed by atoms with Crippen LogP contribution in [0.3, 0.4) is 0 Å². The summed E-state index contributed by atoms with van der Waals surface area (Å²) >= 11 is 1.35. The Labute approximate surface area is 181 Å². The lowest BCUT2D eigenvalue weighted by molar-refractivity contribution is -0.116. The highest BCUT2D eigenvalue weighted by atomic mass is 32.2. The highest BCUT2D eigenvalue weighted by Crippen LogP contribution is 2.32. The summed E-state index contributed by atoms with van der Waals surface area (Å²) in [6, 6.07) is 11.2. The molecule has 2 N–H and O–H groups in total. The quantitative estimate of drug-likeness (QED) is 0.666. The number of rotatable bonds is 6. The van der Waals surface area contributed by atoms with Crippen molar-refractivity contribution >= 4 is 35.0 Å². The molecule has 0 fully saturated rings. The van der Waals surface area contributed by atoms with Gasteiger partial charge in [-0.2, -0.15) is 5.26 Å². The van der Waals surface area contributed by atoms with Gasteiger partial charge in [0.2, 0.25) is 11.8 Å². The summed E-state index contributed by atoms with van der Waals surface area (Å²) in [6.07, 6.45) is 3.58. The molecule has 1 aliphatic carbocycles. The molecule has 7 heteroatoms. The number of nitriles is 1. The van der Waals surface area contributed by atoms with Crippen LogP contribution in [-0.4, -0.2) is 22.0 Å². The maximum absolute atomic E-state index is 12.8. The number of nitrogens with zero attached hydrogens (tertiary/aromatic N) is 2. The second kappa shape index (κ2) is 9.77. The van der Waals surface area contributed by atoms with E-state index in [1.165, 1.54) is 18.7 Å². The van der Waals surface area contributed by atoms with E-state index in [1.807, 2.05) is 13.0 Å². The van der Waals surface area contributed by atoms with Gasteiger partial charge in [0.15, 0.2) is 0 Å². The lowest BCUT2D eigenvalue weighted by Gasteiger charge is -2.22. The Kier molecular flexibility index (Phi) is 7.11. The first-order valence-corrected chi connectivity index (χ1v) is 11.1. The van der Waals surface area contributed by atoms with Crippen molar-refractivity contribution in [1.29, 1.82) is 5.26 Å². The fourth-order valence-corrected chi connectivity index (χ4v) is 4.51. The number of aromatic nitrogens is 1. The molecule has 2 amide bonds. The largest absolute Gasteiger partial charge is 0.326 e. The summed E-state index contributed by atoms with van der Waals surface area (Å²) in [7, 11) is 0. The van der Waals surface area contributed by atoms with Gasteiger partial charge in [0.05, 0.1) is 10.8 Å². The highest BCUT2D eigenvalue weighted by molar-refractivity contribution is 8.00. The van der Waals surface area contributed by atoms with E-state index in [0.717, 1.165) is 30.5 Å². The van der Waals surface area contributed by atoms with Crippen molar-refractivity contribution in [2.45, 2.75) is 56.7 Å². The first-order valence-electron chi connectivity index (χ1n) is 10.2. The molecule has 1 heterocycles. The summed E-state index contributed by atoms with van der Waals surface area (Å²) in [4.78, 5) is 28.7. The second-order valence-corrected chi connectivity index (χ2v) is 8.86. The summed E-state index contributed by atoms with van der Waals surface area (Å²) in [6.45, 7) is 5.62. The van der Waals surface area contributed by atoms with Crippen LogP contribution in [0.15, 0.2) is 35.4 Å². The molecule has 30 heavy (non-hydrogen) atoms. The van der Waals surface area contributed by atoms with Crippen molar-refractivity contribution < 1.29 is 9.59 Å². The van der Waals surface area contributed by atoms with Gasteiger partial charge in [-0.3, -0.25) is 9.59 Å². The Balaban J connectivity index is 1.72. The Morgan fingerprint density at radius 1 is 1.27 bits per heavy atom. The van der Waals surface area contributed by atoms with E-state index in [4.69, 9.17) is 4.98 Å². The standard InChI is InChI=1S/C23H26N4O2S/c1-4-21(22(29)26-19-8-6-18(7-9-19)25-15(3)28)30-23-17(13-24)12-16-11-14(2)5-10-20(16)27-23/h6-9,12,14,21H,4-5,10-11H2,1-3H3,(H,25,28)(H,26,29). The van der Waals surface area contributed by atoms with Crippen molar-refractivity contribution in [1.82, 2.24) is 4.98 Å². The average Bonchev–Trinajstić information content (AvgIpc) is 2.72. The molecule has 1 aromatic carbocycles. The summed E-state index contributed by atoms with van der Waals surface area (Å²) in [5.41, 5.74) is 4.08. The van der Waals surface area contributed by atoms with Crippen LogP contribution in [0.2, 0.25) is 0 Å². The monoisotopic (exact) mass is 422 g/mol. The van der Waals surface area contributed by atoms with Crippen LogP contribution >= 0.6 is 11.8 Å². The predicted molar refractivity (Wildman–Crippen MR) is 119 cm³/mol. The van der Waals surface area contributed by atoms with Crippen LogP contribution in [-0.2, 0) is 22.4 Å². The first kappa shape index (κ1) is 21.8. The number of aryl methyl sites for hydroxylation is 1. The number of carbonyl (C=O) groups is 2. The van der Waals surface area contributed by atoms with Gasteiger partial charge in [-0.25, -0.2) is 4.98 Å². The molecule has 0 radical (unpaired) electrons. The van der Waals surface area contributed by atoms with E-state index in [-0.39, 0.29) is 17.1 Å². The van der Waals surface area contributed by atoms with Gasteiger partial charge in [-0.05, 0) is 67.5 Å². The molecular weight excluding hydrogens is 396 g/mol. The molecule has 0 saturated heterocycles. The average molecular weight is 423 g/mol. The van der Waals surface area contributed by atoms with Crippen molar-refractivity contribution in [2.75, 3.05) is 10.6 Å². The van der Waals surface area contributed by atoms with Gasteiger partial charge in [-0.15, -0.1) is 0 Å². The van der Waals surface area contributed by atoms with E-state index in [0.29, 0.717) is 34.3 Å². The van der Waals surface area contributed by atoms with E-state index >= 15 is 0 Å². The molecule has 3 rings (SSSR count). The molecule has 6 nitrogen and oxygen atoms in total. The number of carbonyl (C=O) groups excluding carboxylic acids is 2. The summed E-state index contributed by atoms with van der Waals surface area (Å²) in [5.74, 6) is 0.330. The van der Waals surface area contributed by atoms with Crippen LogP contribution in [0.4, 0.5) is 11.4 Å². The lowest BCUT2D eigenvalue weighted by atomic mass is 9.87. The zero-order chi connectivity index (χ0) is 21.7. The Hall–Kier alpha value is -2.85. The van der Waals surface area contributed by atoms with Crippen molar-refractivity contribution in [2.24, 2.45) is 5.92 Å². The van der Waals surface area contributed by atoms with E-state index in [1.54, 1.807) is 24.3 Å². The van der Waals surface area contributed by atoms with E-state index < -0.39 is 0 Å². The number of hydrogen-bond donors (Lipinski definition) is 2. The van der Waals surface area contributed by atoms with Crippen molar-refractivity contribution in [3.8, 4) is 6.07 Å². The van der Waals surface area contributed by atoms with Gasteiger partial charge < -0.3 is 10.6 Å². The normalized spacial score (nSPS) is 16.1. The van der Waals surface area contributed by atoms with Crippen LogP contribution in [0, 0.1) is 17.2 Å². The number of thioether (sulfide) groups is 1. The summed E-state index contributed by atoms with van der Waals surface area (Å²) < 4.78 is 0. The fourth-order valence-electron chi connectivity index (χ4n) is 3.52. The maximum atomic E-state index is 12.8. The maximum Gasteiger partial charge on any atom is 0.237 e. The Bertz CT molecular complexity index is 982. The smallest absolute Gasteiger partial charge is 0.237 e. The SMILES string of the molecule is CCC(Sc1nc2c(cc1C#N)CC(C)CC2)C(=O)Nc1ccc(NC(C)=O)cc1. The lowest BCUT2D eigenvalue weighted by Crippen LogP contribution is -2.25. The fraction of sp³-hybridized carbons (Fsp3) is 0.391. The Morgan fingerprint density at radius 3 is 2.53 bits per heavy atom. The van der Waals surface area contributed by atoms with E-state index in [9.17, 15) is 14.9 Å². The number of pyridine rings is 1. The number of amides is 2. The molecule has 2 atom stereocenters. The third-order valence-electron chi connectivity index (χ3n) is 5.11. The Morgan fingerprint density at radius 2 is 1.93 bits per heavy atom. The molecule has 2 unspecified atom stereocenters. The topological polar surface area (TPSA) is 94.9 Å². The second-order valence-electron chi connectivity index (χ2n) is 7.67. The molecular formula is C23H26N4O2S. The number of benzene rings is 1. The van der Waals surface area contributed by atoms with Gasteiger partial charge in [0.1, 0.15) is 11.1 Å². The third kappa shape index (κ3) is 5.39. The number of hydrogen-bond acceptors (Lipinski definition) is 5. The highest BCUT2D eigenvalue weighted by Gasteiger charge is 2.24. The van der Waals surface area contributed by atoms with Crippen LogP contribution in [0.25, 0.3) is 0 Å². The minimum atomic E-state index is -0.361. The molecule has 0 bridgehead atoms. The van der Waals surface area contributed by atoms with Crippen LogP contribution in [0.5, 0.6) is 0 Å². The zero-order valence-electron chi connectivity index (χ0n) is 17.5.